The zero-order chi connectivity index (χ0) is 12.7. The molecular weight excluding hydrogens is 230 g/mol. The number of benzene rings is 1. The van der Waals surface area contributed by atoms with Crippen molar-refractivity contribution in [2.24, 2.45) is 13.0 Å². The quantitative estimate of drug-likeness (QED) is 0.837. The Hall–Kier alpha value is -1.88. The number of aliphatic carboxylic acids is 1. The number of aryl methyl sites for hydroxylation is 1. The molecule has 18 heavy (non-hydrogen) atoms. The summed E-state index contributed by atoms with van der Waals surface area (Å²) in [4.78, 5) is 10.9. The van der Waals surface area contributed by atoms with Crippen LogP contribution >= 0.6 is 0 Å². The molecule has 3 rings (SSSR count). The normalized spacial score (nSPS) is 23.6. The summed E-state index contributed by atoms with van der Waals surface area (Å²) < 4.78 is 1.84. The van der Waals surface area contributed by atoms with Crippen molar-refractivity contribution in [3.8, 4) is 0 Å². The second kappa shape index (κ2) is 4.10. The Balaban J connectivity index is 1.91. The van der Waals surface area contributed by atoms with Crippen molar-refractivity contribution in [1.29, 1.82) is 0 Å². The molecule has 1 aliphatic rings. The smallest absolute Gasteiger partial charge is 0.307 e. The van der Waals surface area contributed by atoms with Gasteiger partial charge in [-0.3, -0.25) is 9.48 Å². The van der Waals surface area contributed by atoms with Crippen LogP contribution in [0, 0.1) is 5.92 Å². The fraction of sp³-hybridized carbons (Fsp3) is 0.385. The molecule has 2 N–H and O–H groups in total. The largest absolute Gasteiger partial charge is 0.481 e. The van der Waals surface area contributed by atoms with Gasteiger partial charge < -0.3 is 10.4 Å². The van der Waals surface area contributed by atoms with Crippen LogP contribution in [0.4, 0.5) is 0 Å². The van der Waals surface area contributed by atoms with Crippen molar-refractivity contribution in [2.75, 3.05) is 6.54 Å². The molecule has 2 atom stereocenters. The highest BCUT2D eigenvalue weighted by Gasteiger charge is 2.30. The standard InChI is InChI=1S/C13H15N3O2/c1-16-12-5-8(2-3-9(12)7-15-16)11-4-10(6-14-11)13(17)18/h2-3,5,7,10-11,14H,4,6H2,1H3,(H,17,18). The lowest BCUT2D eigenvalue weighted by Crippen LogP contribution is -2.17. The van der Waals surface area contributed by atoms with Crippen molar-refractivity contribution in [3.63, 3.8) is 0 Å². The van der Waals surface area contributed by atoms with E-state index in [2.05, 4.69) is 16.5 Å². The molecule has 0 amide bonds. The monoisotopic (exact) mass is 245 g/mol. The molecule has 5 nitrogen and oxygen atoms in total. The lowest BCUT2D eigenvalue weighted by molar-refractivity contribution is -0.141. The minimum absolute atomic E-state index is 0.130. The third kappa shape index (κ3) is 1.76. The summed E-state index contributed by atoms with van der Waals surface area (Å²) in [6.45, 7) is 0.545. The van der Waals surface area contributed by atoms with Gasteiger partial charge in [-0.15, -0.1) is 0 Å². The molecule has 0 aliphatic carbocycles. The fourth-order valence-electron chi connectivity index (χ4n) is 2.56. The van der Waals surface area contributed by atoms with Crippen molar-refractivity contribution >= 4 is 16.9 Å². The number of carboxylic acid groups (broad SMARTS) is 1. The zero-order valence-electron chi connectivity index (χ0n) is 10.1. The summed E-state index contributed by atoms with van der Waals surface area (Å²) in [5.74, 6) is -0.996. The van der Waals surface area contributed by atoms with E-state index in [1.165, 1.54) is 0 Å². The molecule has 94 valence electrons. The third-order valence-corrected chi connectivity index (χ3v) is 3.66. The molecule has 5 heteroatoms. The predicted octanol–water partition coefficient (Wildman–Crippen LogP) is 1.31. The highest BCUT2D eigenvalue weighted by atomic mass is 16.4. The van der Waals surface area contributed by atoms with Crippen LogP contribution in [0.2, 0.25) is 0 Å². The van der Waals surface area contributed by atoms with Crippen molar-refractivity contribution in [1.82, 2.24) is 15.1 Å². The van der Waals surface area contributed by atoms with Gasteiger partial charge >= 0.3 is 5.97 Å². The number of fused-ring (bicyclic) bond motifs is 1. The molecule has 2 aromatic rings. The molecule has 0 spiro atoms. The molecule has 2 unspecified atom stereocenters. The summed E-state index contributed by atoms with van der Waals surface area (Å²) in [5.41, 5.74) is 2.21. The van der Waals surface area contributed by atoms with Crippen molar-refractivity contribution in [3.05, 3.63) is 30.0 Å². The van der Waals surface area contributed by atoms with Gasteiger partial charge in [-0.25, -0.2) is 0 Å². The van der Waals surface area contributed by atoms with E-state index in [0.29, 0.717) is 13.0 Å². The Morgan fingerprint density at radius 3 is 3.11 bits per heavy atom. The van der Waals surface area contributed by atoms with Gasteiger partial charge in [0.05, 0.1) is 17.6 Å². The molecule has 2 heterocycles. The number of carbonyl (C=O) groups is 1. The number of aromatic nitrogens is 2. The number of carboxylic acids is 1. The summed E-state index contributed by atoms with van der Waals surface area (Å²) in [5, 5.41) is 17.6. The zero-order valence-corrected chi connectivity index (χ0v) is 10.1. The van der Waals surface area contributed by atoms with Gasteiger partial charge in [-0.2, -0.15) is 5.10 Å². The number of hydrogen-bond acceptors (Lipinski definition) is 3. The van der Waals surface area contributed by atoms with E-state index >= 15 is 0 Å². The molecule has 0 bridgehead atoms. The lowest BCUT2D eigenvalue weighted by Gasteiger charge is -2.10. The van der Waals surface area contributed by atoms with Crippen molar-refractivity contribution < 1.29 is 9.90 Å². The first kappa shape index (κ1) is 11.2. The van der Waals surface area contributed by atoms with Crippen LogP contribution in [0.3, 0.4) is 0 Å². The van der Waals surface area contributed by atoms with E-state index < -0.39 is 5.97 Å². The van der Waals surface area contributed by atoms with Gasteiger partial charge in [0.1, 0.15) is 0 Å². The van der Waals surface area contributed by atoms with Crippen LogP contribution in [0.15, 0.2) is 24.4 Å². The maximum Gasteiger partial charge on any atom is 0.307 e. The second-order valence-electron chi connectivity index (χ2n) is 4.82. The molecule has 1 fully saturated rings. The van der Waals surface area contributed by atoms with Gasteiger partial charge in [0, 0.05) is 25.0 Å². The number of rotatable bonds is 2. The lowest BCUT2D eigenvalue weighted by atomic mass is 9.99. The van der Waals surface area contributed by atoms with E-state index in [1.807, 2.05) is 30.1 Å². The highest BCUT2D eigenvalue weighted by Crippen LogP contribution is 2.29. The Bertz CT molecular complexity index is 605. The van der Waals surface area contributed by atoms with Crippen LogP contribution in [-0.2, 0) is 11.8 Å². The molecule has 1 aliphatic heterocycles. The van der Waals surface area contributed by atoms with Crippen LogP contribution in [0.5, 0.6) is 0 Å². The molecule has 0 saturated carbocycles. The Morgan fingerprint density at radius 1 is 1.56 bits per heavy atom. The average Bonchev–Trinajstić information content (AvgIpc) is 2.96. The summed E-state index contributed by atoms with van der Waals surface area (Å²) in [7, 11) is 1.91. The van der Waals surface area contributed by atoms with Crippen LogP contribution < -0.4 is 5.32 Å². The summed E-state index contributed by atoms with van der Waals surface area (Å²) in [6.07, 6.45) is 2.49. The van der Waals surface area contributed by atoms with Gasteiger partial charge in [-0.05, 0) is 18.1 Å². The van der Waals surface area contributed by atoms with Crippen LogP contribution in [0.1, 0.15) is 18.0 Å². The summed E-state index contributed by atoms with van der Waals surface area (Å²) in [6, 6.07) is 6.30. The number of nitrogens with zero attached hydrogens (tertiary/aromatic N) is 2. The van der Waals surface area contributed by atoms with Crippen LogP contribution in [-0.4, -0.2) is 27.4 Å². The van der Waals surface area contributed by atoms with Crippen LogP contribution in [0.25, 0.3) is 10.9 Å². The first-order valence-electron chi connectivity index (χ1n) is 6.03. The average molecular weight is 245 g/mol. The molecule has 1 aromatic carbocycles. The first-order chi connectivity index (χ1) is 8.65. The van der Waals surface area contributed by atoms with Gasteiger partial charge in [0.15, 0.2) is 0 Å². The maximum absolute atomic E-state index is 10.9. The van der Waals surface area contributed by atoms with Gasteiger partial charge in [-0.1, -0.05) is 12.1 Å². The summed E-state index contributed by atoms with van der Waals surface area (Å²) >= 11 is 0. The topological polar surface area (TPSA) is 67.2 Å². The first-order valence-corrected chi connectivity index (χ1v) is 6.03. The van der Waals surface area contributed by atoms with Gasteiger partial charge in [0.2, 0.25) is 0 Å². The number of hydrogen-bond donors (Lipinski definition) is 2. The maximum atomic E-state index is 10.9. The van der Waals surface area contributed by atoms with E-state index in [4.69, 9.17) is 5.11 Å². The van der Waals surface area contributed by atoms with E-state index in [9.17, 15) is 4.79 Å². The number of nitrogens with one attached hydrogen (secondary N) is 1. The van der Waals surface area contributed by atoms with E-state index in [0.717, 1.165) is 16.5 Å². The molecule has 1 aromatic heterocycles. The second-order valence-corrected chi connectivity index (χ2v) is 4.82. The molecule has 1 saturated heterocycles. The third-order valence-electron chi connectivity index (χ3n) is 3.66. The van der Waals surface area contributed by atoms with E-state index in [1.54, 1.807) is 0 Å². The fourth-order valence-corrected chi connectivity index (χ4v) is 2.56. The Kier molecular flexibility index (Phi) is 2.56. The van der Waals surface area contributed by atoms with Crippen molar-refractivity contribution in [2.45, 2.75) is 12.5 Å². The molecule has 0 radical (unpaired) electrons. The SMILES string of the molecule is Cn1ncc2ccc(C3CC(C(=O)O)CN3)cc21. The minimum Gasteiger partial charge on any atom is -0.481 e. The highest BCUT2D eigenvalue weighted by molar-refractivity contribution is 5.79. The molecular formula is C13H15N3O2. The Morgan fingerprint density at radius 2 is 2.39 bits per heavy atom. The Labute approximate surface area is 104 Å². The minimum atomic E-state index is -0.716. The van der Waals surface area contributed by atoms with E-state index in [-0.39, 0.29) is 12.0 Å². The van der Waals surface area contributed by atoms with Gasteiger partial charge in [0.25, 0.3) is 0 Å². The predicted molar refractivity (Wildman–Crippen MR) is 67.2 cm³/mol.